The van der Waals surface area contributed by atoms with E-state index in [4.69, 9.17) is 4.74 Å². The molecule has 1 aromatic carbocycles. The van der Waals surface area contributed by atoms with Gasteiger partial charge in [0.1, 0.15) is 5.75 Å². The number of hydrogen-bond acceptors (Lipinski definition) is 4. The number of nitrogens with one attached hydrogen (secondary N) is 2. The van der Waals surface area contributed by atoms with Crippen LogP contribution in [-0.4, -0.2) is 64.4 Å². The zero-order valence-corrected chi connectivity index (χ0v) is 15.8. The maximum atomic E-state index is 12.3. The van der Waals surface area contributed by atoms with Crippen LogP contribution in [0.15, 0.2) is 29.3 Å². The molecule has 0 fully saturated rings. The molecule has 148 valence electrons. The zero-order valence-electron chi connectivity index (χ0n) is 15.8. The van der Waals surface area contributed by atoms with Crippen LogP contribution in [0.2, 0.25) is 0 Å². The number of hydrogen-bond donors (Lipinski definition) is 2. The summed E-state index contributed by atoms with van der Waals surface area (Å²) in [6.07, 6.45) is 0.998. The molecule has 0 saturated carbocycles. The number of guanidine groups is 1. The van der Waals surface area contributed by atoms with E-state index in [0.717, 1.165) is 44.8 Å². The van der Waals surface area contributed by atoms with Gasteiger partial charge in [-0.25, -0.2) is 4.99 Å². The van der Waals surface area contributed by atoms with Gasteiger partial charge >= 0.3 is 6.61 Å². The second-order valence-corrected chi connectivity index (χ2v) is 5.80. The number of ether oxygens (including phenoxy) is 2. The monoisotopic (exact) mass is 372 g/mol. The van der Waals surface area contributed by atoms with Gasteiger partial charge in [-0.3, -0.25) is 0 Å². The van der Waals surface area contributed by atoms with Crippen molar-refractivity contribution in [2.24, 2.45) is 4.99 Å². The summed E-state index contributed by atoms with van der Waals surface area (Å²) in [5, 5.41) is 6.45. The number of alkyl halides is 2. The highest BCUT2D eigenvalue weighted by molar-refractivity contribution is 5.79. The van der Waals surface area contributed by atoms with Gasteiger partial charge in [0.15, 0.2) is 5.96 Å². The minimum atomic E-state index is -2.83. The summed E-state index contributed by atoms with van der Waals surface area (Å²) >= 11 is 0. The number of likely N-dealkylation sites (N-methyl/N-ethyl adjacent to an activating group) is 1. The molecule has 26 heavy (non-hydrogen) atoms. The average molecular weight is 372 g/mol. The van der Waals surface area contributed by atoms with E-state index < -0.39 is 6.61 Å². The molecule has 0 aliphatic rings. The van der Waals surface area contributed by atoms with Gasteiger partial charge in [0.25, 0.3) is 0 Å². The normalized spacial score (nSPS) is 11.9. The molecule has 0 aliphatic heterocycles. The molecule has 0 spiro atoms. The van der Waals surface area contributed by atoms with E-state index in [0.29, 0.717) is 12.5 Å². The van der Waals surface area contributed by atoms with Crippen molar-refractivity contribution < 1.29 is 18.3 Å². The van der Waals surface area contributed by atoms with Gasteiger partial charge in [-0.15, -0.1) is 0 Å². The topological polar surface area (TPSA) is 58.1 Å². The van der Waals surface area contributed by atoms with Crippen LogP contribution in [0.1, 0.15) is 18.9 Å². The van der Waals surface area contributed by atoms with Gasteiger partial charge in [0, 0.05) is 39.9 Å². The summed E-state index contributed by atoms with van der Waals surface area (Å²) in [5.41, 5.74) is 0.803. The molecule has 8 heteroatoms. The standard InChI is InChI=1S/C18H30F2N4O2/c1-4-21-18(22-9-11-24(2)10-6-12-25-3)23-14-15-7-5-8-16(13-15)26-17(19)20/h5,7-8,13,17H,4,6,9-12,14H2,1-3H3,(H2,21,22,23). The van der Waals surface area contributed by atoms with E-state index >= 15 is 0 Å². The smallest absolute Gasteiger partial charge is 0.387 e. The predicted octanol–water partition coefficient (Wildman–Crippen LogP) is 2.31. The van der Waals surface area contributed by atoms with Crippen LogP contribution in [-0.2, 0) is 11.3 Å². The van der Waals surface area contributed by atoms with E-state index in [-0.39, 0.29) is 5.75 Å². The Morgan fingerprint density at radius 3 is 2.77 bits per heavy atom. The molecule has 0 amide bonds. The van der Waals surface area contributed by atoms with E-state index in [2.05, 4.69) is 32.3 Å². The maximum Gasteiger partial charge on any atom is 0.387 e. The molecule has 0 atom stereocenters. The Bertz CT molecular complexity index is 530. The third-order valence-electron chi connectivity index (χ3n) is 3.56. The number of halogens is 2. The molecule has 0 aliphatic carbocycles. The summed E-state index contributed by atoms with van der Waals surface area (Å²) in [5.74, 6) is 0.835. The molecule has 6 nitrogen and oxygen atoms in total. The largest absolute Gasteiger partial charge is 0.435 e. The van der Waals surface area contributed by atoms with Gasteiger partial charge in [0.05, 0.1) is 6.54 Å². The SMILES string of the molecule is CCNC(=NCc1cccc(OC(F)F)c1)NCCN(C)CCCOC. The van der Waals surface area contributed by atoms with Crippen LogP contribution in [0.5, 0.6) is 5.75 Å². The lowest BCUT2D eigenvalue weighted by molar-refractivity contribution is -0.0498. The number of methoxy groups -OCH3 is 1. The van der Waals surface area contributed by atoms with Crippen molar-refractivity contribution in [3.8, 4) is 5.75 Å². The Hall–Kier alpha value is -1.93. The maximum absolute atomic E-state index is 12.3. The fraction of sp³-hybridized carbons (Fsp3) is 0.611. The van der Waals surface area contributed by atoms with E-state index in [1.807, 2.05) is 13.0 Å². The van der Waals surface area contributed by atoms with Crippen LogP contribution < -0.4 is 15.4 Å². The molecule has 0 radical (unpaired) electrons. The Morgan fingerprint density at radius 1 is 1.27 bits per heavy atom. The van der Waals surface area contributed by atoms with Crippen molar-refractivity contribution in [2.75, 3.05) is 46.9 Å². The second kappa shape index (κ2) is 13.3. The van der Waals surface area contributed by atoms with Gasteiger partial charge in [-0.2, -0.15) is 8.78 Å². The van der Waals surface area contributed by atoms with Gasteiger partial charge in [-0.05, 0) is 38.1 Å². The molecule has 0 bridgehead atoms. The van der Waals surface area contributed by atoms with Crippen molar-refractivity contribution >= 4 is 5.96 Å². The first kappa shape index (κ1) is 22.1. The first-order chi connectivity index (χ1) is 12.5. The highest BCUT2D eigenvalue weighted by Gasteiger charge is 2.05. The summed E-state index contributed by atoms with van der Waals surface area (Å²) in [7, 11) is 3.77. The molecule has 0 unspecified atom stereocenters. The van der Waals surface area contributed by atoms with E-state index in [1.165, 1.54) is 6.07 Å². The molecular formula is C18H30F2N4O2. The predicted molar refractivity (Wildman–Crippen MR) is 99.9 cm³/mol. The molecule has 0 heterocycles. The first-order valence-electron chi connectivity index (χ1n) is 8.78. The highest BCUT2D eigenvalue weighted by Crippen LogP contribution is 2.16. The fourth-order valence-corrected chi connectivity index (χ4v) is 2.29. The average Bonchev–Trinajstić information content (AvgIpc) is 2.59. The van der Waals surface area contributed by atoms with Crippen LogP contribution in [0.4, 0.5) is 8.78 Å². The number of rotatable bonds is 12. The van der Waals surface area contributed by atoms with Crippen LogP contribution in [0.25, 0.3) is 0 Å². The van der Waals surface area contributed by atoms with Crippen molar-refractivity contribution in [3.63, 3.8) is 0 Å². The third-order valence-corrected chi connectivity index (χ3v) is 3.56. The van der Waals surface area contributed by atoms with Crippen molar-refractivity contribution in [2.45, 2.75) is 26.5 Å². The Labute approximate surface area is 154 Å². The van der Waals surface area contributed by atoms with E-state index in [1.54, 1.807) is 19.2 Å². The summed E-state index contributed by atoms with van der Waals surface area (Å²) in [6, 6.07) is 6.58. The summed E-state index contributed by atoms with van der Waals surface area (Å²) < 4.78 is 34.0. The van der Waals surface area contributed by atoms with Gasteiger partial charge in [0.2, 0.25) is 0 Å². The summed E-state index contributed by atoms with van der Waals surface area (Å²) in [6.45, 7) is 3.65. The van der Waals surface area contributed by atoms with Gasteiger partial charge in [-0.1, -0.05) is 12.1 Å². The minimum Gasteiger partial charge on any atom is -0.435 e. The number of aliphatic imine (C=N–C) groups is 1. The molecule has 2 N–H and O–H groups in total. The third kappa shape index (κ3) is 10.1. The fourth-order valence-electron chi connectivity index (χ4n) is 2.29. The Morgan fingerprint density at radius 2 is 2.08 bits per heavy atom. The van der Waals surface area contributed by atoms with Crippen molar-refractivity contribution in [1.82, 2.24) is 15.5 Å². The lowest BCUT2D eigenvalue weighted by Crippen LogP contribution is -2.41. The zero-order chi connectivity index (χ0) is 19.2. The van der Waals surface area contributed by atoms with Crippen molar-refractivity contribution in [1.29, 1.82) is 0 Å². The Balaban J connectivity index is 2.47. The Kier molecular flexibility index (Phi) is 11.3. The van der Waals surface area contributed by atoms with Crippen LogP contribution >= 0.6 is 0 Å². The van der Waals surface area contributed by atoms with Crippen molar-refractivity contribution in [3.05, 3.63) is 29.8 Å². The van der Waals surface area contributed by atoms with Crippen LogP contribution in [0.3, 0.4) is 0 Å². The quantitative estimate of drug-likeness (QED) is 0.335. The molecule has 1 rings (SSSR count). The van der Waals surface area contributed by atoms with Gasteiger partial charge < -0.3 is 25.0 Å². The molecule has 0 saturated heterocycles. The van der Waals surface area contributed by atoms with E-state index in [9.17, 15) is 8.78 Å². The van der Waals surface area contributed by atoms with Crippen LogP contribution in [0, 0.1) is 0 Å². The number of benzene rings is 1. The minimum absolute atomic E-state index is 0.142. The molecule has 1 aromatic rings. The summed E-state index contributed by atoms with van der Waals surface area (Å²) in [4.78, 5) is 6.71. The number of nitrogens with zero attached hydrogens (tertiary/aromatic N) is 2. The molecular weight excluding hydrogens is 342 g/mol. The second-order valence-electron chi connectivity index (χ2n) is 5.80. The first-order valence-corrected chi connectivity index (χ1v) is 8.78. The lowest BCUT2D eigenvalue weighted by atomic mass is 10.2. The highest BCUT2D eigenvalue weighted by atomic mass is 19.3. The lowest BCUT2D eigenvalue weighted by Gasteiger charge is -2.18. The molecule has 0 aromatic heterocycles.